The van der Waals surface area contributed by atoms with Gasteiger partial charge in [0.1, 0.15) is 0 Å². The van der Waals surface area contributed by atoms with Crippen LogP contribution in [-0.2, 0) is 4.74 Å². The van der Waals surface area contributed by atoms with E-state index in [4.69, 9.17) is 9.47 Å². The molecule has 1 aliphatic heterocycles. The molecule has 17 heavy (non-hydrogen) atoms. The molecule has 5 nitrogen and oxygen atoms in total. The summed E-state index contributed by atoms with van der Waals surface area (Å²) in [6.07, 6.45) is 3.62. The Morgan fingerprint density at radius 2 is 2.29 bits per heavy atom. The van der Waals surface area contributed by atoms with Crippen molar-refractivity contribution in [3.8, 4) is 5.88 Å². The van der Waals surface area contributed by atoms with E-state index in [-0.39, 0.29) is 6.10 Å². The summed E-state index contributed by atoms with van der Waals surface area (Å²) in [5, 5.41) is 0. The van der Waals surface area contributed by atoms with Gasteiger partial charge in [0.2, 0.25) is 5.88 Å². The molecule has 2 heterocycles. The van der Waals surface area contributed by atoms with Gasteiger partial charge in [0, 0.05) is 6.54 Å². The minimum Gasteiger partial charge on any atom is -0.477 e. The summed E-state index contributed by atoms with van der Waals surface area (Å²) < 4.78 is 11.0. The minimum absolute atomic E-state index is 0.210. The average molecular weight is 237 g/mol. The molecule has 1 aliphatic rings. The van der Waals surface area contributed by atoms with Crippen LogP contribution in [0.2, 0.25) is 0 Å². The lowest BCUT2D eigenvalue weighted by Gasteiger charge is -2.38. The van der Waals surface area contributed by atoms with E-state index in [0.29, 0.717) is 18.5 Å². The lowest BCUT2D eigenvalue weighted by atomic mass is 10.1. The van der Waals surface area contributed by atoms with Crippen LogP contribution in [0, 0.1) is 0 Å². The molecule has 2 unspecified atom stereocenters. The van der Waals surface area contributed by atoms with Crippen molar-refractivity contribution in [2.24, 2.45) is 0 Å². The molecule has 0 aromatic carbocycles. The first kappa shape index (κ1) is 12.1. The van der Waals surface area contributed by atoms with Crippen molar-refractivity contribution in [3.63, 3.8) is 0 Å². The number of ether oxygens (including phenoxy) is 2. The highest BCUT2D eigenvalue weighted by molar-refractivity contribution is 5.39. The predicted octanol–water partition coefficient (Wildman–Crippen LogP) is 1.49. The summed E-state index contributed by atoms with van der Waals surface area (Å²) in [5.74, 6) is 1.44. The van der Waals surface area contributed by atoms with Crippen molar-refractivity contribution in [1.29, 1.82) is 0 Å². The molecule has 1 fully saturated rings. The Morgan fingerprint density at radius 1 is 1.47 bits per heavy atom. The number of morpholine rings is 1. The molecular formula is C12H19N3O2. The van der Waals surface area contributed by atoms with E-state index in [1.165, 1.54) is 0 Å². The van der Waals surface area contributed by atoms with Crippen LogP contribution in [0.4, 0.5) is 5.82 Å². The number of nitrogens with zero attached hydrogens (tertiary/aromatic N) is 3. The van der Waals surface area contributed by atoms with Crippen LogP contribution >= 0.6 is 0 Å². The molecule has 2 atom stereocenters. The second-order valence-electron chi connectivity index (χ2n) is 4.16. The Balaban J connectivity index is 2.17. The first-order valence-corrected chi connectivity index (χ1v) is 6.05. The monoisotopic (exact) mass is 237 g/mol. The van der Waals surface area contributed by atoms with Crippen molar-refractivity contribution < 1.29 is 9.47 Å². The fourth-order valence-electron chi connectivity index (χ4n) is 1.95. The topological polar surface area (TPSA) is 47.5 Å². The van der Waals surface area contributed by atoms with Crippen molar-refractivity contribution in [1.82, 2.24) is 9.97 Å². The highest BCUT2D eigenvalue weighted by Gasteiger charge is 2.26. The summed E-state index contributed by atoms with van der Waals surface area (Å²) in [6.45, 7) is 8.33. The van der Waals surface area contributed by atoms with Crippen LogP contribution in [-0.4, -0.2) is 41.9 Å². The average Bonchev–Trinajstić information content (AvgIpc) is 2.33. The minimum atomic E-state index is 0.210. The summed E-state index contributed by atoms with van der Waals surface area (Å²) in [7, 11) is 0. The summed E-state index contributed by atoms with van der Waals surface area (Å²) in [4.78, 5) is 10.8. The smallest absolute Gasteiger partial charge is 0.234 e. The molecule has 0 N–H and O–H groups in total. The maximum atomic E-state index is 5.60. The molecule has 0 spiro atoms. The maximum Gasteiger partial charge on any atom is 0.234 e. The molecule has 2 rings (SSSR count). The van der Waals surface area contributed by atoms with Gasteiger partial charge in [-0.2, -0.15) is 4.98 Å². The standard InChI is InChI=1S/C12H19N3O2/c1-4-16-12-8-13-7-11(14-12)15-5-6-17-10(3)9(15)2/h7-10H,4-6H2,1-3H3. The second-order valence-corrected chi connectivity index (χ2v) is 4.16. The number of anilines is 1. The summed E-state index contributed by atoms with van der Waals surface area (Å²) >= 11 is 0. The molecule has 0 radical (unpaired) electrons. The SMILES string of the molecule is CCOc1cncc(N2CCOC(C)C2C)n1. The van der Waals surface area contributed by atoms with Crippen LogP contribution in [0.5, 0.6) is 5.88 Å². The fourth-order valence-corrected chi connectivity index (χ4v) is 1.95. The highest BCUT2D eigenvalue weighted by atomic mass is 16.5. The van der Waals surface area contributed by atoms with E-state index in [1.807, 2.05) is 6.92 Å². The Bertz CT molecular complexity index is 373. The molecule has 94 valence electrons. The van der Waals surface area contributed by atoms with Crippen LogP contribution in [0.1, 0.15) is 20.8 Å². The Labute approximate surface area is 102 Å². The third-order valence-corrected chi connectivity index (χ3v) is 3.07. The molecule has 1 aromatic heterocycles. The van der Waals surface area contributed by atoms with Gasteiger partial charge in [-0.3, -0.25) is 4.98 Å². The van der Waals surface area contributed by atoms with Crippen molar-refractivity contribution in [2.75, 3.05) is 24.7 Å². The third-order valence-electron chi connectivity index (χ3n) is 3.07. The van der Waals surface area contributed by atoms with Crippen LogP contribution in [0.3, 0.4) is 0 Å². The Hall–Kier alpha value is -1.36. The molecular weight excluding hydrogens is 218 g/mol. The molecule has 5 heteroatoms. The van der Waals surface area contributed by atoms with E-state index in [1.54, 1.807) is 12.4 Å². The number of aromatic nitrogens is 2. The Kier molecular flexibility index (Phi) is 3.78. The summed E-state index contributed by atoms with van der Waals surface area (Å²) in [5.41, 5.74) is 0. The molecule has 0 bridgehead atoms. The first-order valence-electron chi connectivity index (χ1n) is 6.05. The van der Waals surface area contributed by atoms with Gasteiger partial charge >= 0.3 is 0 Å². The van der Waals surface area contributed by atoms with Crippen molar-refractivity contribution in [3.05, 3.63) is 12.4 Å². The summed E-state index contributed by atoms with van der Waals surface area (Å²) in [6, 6.07) is 0.301. The quantitative estimate of drug-likeness (QED) is 0.797. The van der Waals surface area contributed by atoms with E-state index < -0.39 is 0 Å². The highest BCUT2D eigenvalue weighted by Crippen LogP contribution is 2.21. The van der Waals surface area contributed by atoms with E-state index in [0.717, 1.165) is 19.0 Å². The lowest BCUT2D eigenvalue weighted by Crippen LogP contribution is -2.49. The second kappa shape index (κ2) is 5.31. The lowest BCUT2D eigenvalue weighted by molar-refractivity contribution is 0.0280. The predicted molar refractivity (Wildman–Crippen MR) is 65.4 cm³/mol. The molecule has 0 amide bonds. The maximum absolute atomic E-state index is 5.60. The van der Waals surface area contributed by atoms with Crippen molar-refractivity contribution in [2.45, 2.75) is 32.9 Å². The zero-order chi connectivity index (χ0) is 12.3. The van der Waals surface area contributed by atoms with Gasteiger partial charge in [-0.25, -0.2) is 0 Å². The van der Waals surface area contributed by atoms with Gasteiger partial charge in [-0.1, -0.05) is 0 Å². The first-order chi connectivity index (χ1) is 8.22. The van der Waals surface area contributed by atoms with Crippen LogP contribution in [0.15, 0.2) is 12.4 Å². The third kappa shape index (κ3) is 2.66. The normalized spacial score (nSPS) is 24.8. The van der Waals surface area contributed by atoms with E-state index in [9.17, 15) is 0 Å². The number of hydrogen-bond acceptors (Lipinski definition) is 5. The molecule has 0 saturated carbocycles. The van der Waals surface area contributed by atoms with Gasteiger partial charge in [-0.15, -0.1) is 0 Å². The zero-order valence-corrected chi connectivity index (χ0v) is 10.6. The zero-order valence-electron chi connectivity index (χ0n) is 10.6. The van der Waals surface area contributed by atoms with Gasteiger partial charge in [0.15, 0.2) is 5.82 Å². The molecule has 1 saturated heterocycles. The van der Waals surface area contributed by atoms with Gasteiger partial charge < -0.3 is 14.4 Å². The van der Waals surface area contributed by atoms with E-state index in [2.05, 4.69) is 28.7 Å². The van der Waals surface area contributed by atoms with Crippen LogP contribution < -0.4 is 9.64 Å². The van der Waals surface area contributed by atoms with Gasteiger partial charge in [0.05, 0.1) is 37.8 Å². The van der Waals surface area contributed by atoms with Crippen molar-refractivity contribution >= 4 is 5.82 Å². The van der Waals surface area contributed by atoms with Crippen LogP contribution in [0.25, 0.3) is 0 Å². The van der Waals surface area contributed by atoms with E-state index >= 15 is 0 Å². The number of hydrogen-bond donors (Lipinski definition) is 0. The van der Waals surface area contributed by atoms with Gasteiger partial charge in [0.25, 0.3) is 0 Å². The Morgan fingerprint density at radius 3 is 3.06 bits per heavy atom. The fraction of sp³-hybridized carbons (Fsp3) is 0.667. The molecule has 0 aliphatic carbocycles. The molecule has 1 aromatic rings. The van der Waals surface area contributed by atoms with Gasteiger partial charge in [-0.05, 0) is 20.8 Å². The largest absolute Gasteiger partial charge is 0.477 e. The number of rotatable bonds is 3.